The van der Waals surface area contributed by atoms with E-state index >= 15 is 0 Å². The van der Waals surface area contributed by atoms with Gasteiger partial charge in [0.05, 0.1) is 27.6 Å². The van der Waals surface area contributed by atoms with Crippen LogP contribution in [0.2, 0.25) is 5.02 Å². The maximum atomic E-state index is 12.4. The third-order valence-electron chi connectivity index (χ3n) is 4.70. The highest BCUT2D eigenvalue weighted by atomic mass is 35.5. The van der Waals surface area contributed by atoms with Crippen molar-refractivity contribution in [2.45, 2.75) is 12.4 Å². The number of carbonyl (C=O) groups excluding carboxylic acids is 1. The summed E-state index contributed by atoms with van der Waals surface area (Å²) in [5.41, 5.74) is 1.76. The molecule has 0 aliphatic carbocycles. The molecule has 0 saturated carbocycles. The molecule has 1 fully saturated rings. The number of benzene rings is 2. The van der Waals surface area contributed by atoms with Crippen molar-refractivity contribution in [3.05, 3.63) is 79.9 Å². The summed E-state index contributed by atoms with van der Waals surface area (Å²) in [5, 5.41) is 17.5. The van der Waals surface area contributed by atoms with E-state index in [4.69, 9.17) is 20.8 Å². The second kappa shape index (κ2) is 8.97. The van der Waals surface area contributed by atoms with Crippen molar-refractivity contribution in [1.82, 2.24) is 5.32 Å². The second-order valence-electron chi connectivity index (χ2n) is 6.95. The molecule has 2 N–H and O–H groups in total. The van der Waals surface area contributed by atoms with Gasteiger partial charge in [-0.15, -0.1) is 0 Å². The second-order valence-corrected chi connectivity index (χ2v) is 8.51. The number of amides is 1. The first-order valence-corrected chi connectivity index (χ1v) is 10.7. The van der Waals surface area contributed by atoms with Crippen molar-refractivity contribution in [2.75, 3.05) is 12.4 Å². The summed E-state index contributed by atoms with van der Waals surface area (Å²) in [7, 11) is 1.59. The molecule has 0 bridgehead atoms. The van der Waals surface area contributed by atoms with E-state index in [1.54, 1.807) is 25.3 Å². The summed E-state index contributed by atoms with van der Waals surface area (Å²) in [5.74, 6) is 1.22. The molecular formula is C22H18ClN3O5S. The molecule has 8 nitrogen and oxygen atoms in total. The number of carbonyl (C=O) groups is 1. The highest BCUT2D eigenvalue weighted by Gasteiger charge is 2.28. The van der Waals surface area contributed by atoms with Crippen LogP contribution in [0.5, 0.6) is 5.75 Å². The van der Waals surface area contributed by atoms with E-state index in [9.17, 15) is 14.9 Å². The van der Waals surface area contributed by atoms with Gasteiger partial charge in [-0.2, -0.15) is 0 Å². The molecule has 1 aromatic heterocycles. The zero-order valence-electron chi connectivity index (χ0n) is 17.0. The first-order valence-electron chi connectivity index (χ1n) is 9.48. The van der Waals surface area contributed by atoms with Crippen LogP contribution in [0.4, 0.5) is 11.4 Å². The monoisotopic (exact) mass is 471 g/mol. The molecule has 32 heavy (non-hydrogen) atoms. The summed E-state index contributed by atoms with van der Waals surface area (Å²) < 4.78 is 11.2. The van der Waals surface area contributed by atoms with E-state index < -0.39 is 4.92 Å². The van der Waals surface area contributed by atoms with Gasteiger partial charge in [-0.05, 0) is 42.8 Å². The van der Waals surface area contributed by atoms with Crippen LogP contribution in [0.25, 0.3) is 17.4 Å². The molecule has 1 aliphatic heterocycles. The molecule has 3 aromatic rings. The number of anilines is 1. The number of nitrogens with one attached hydrogen (secondary N) is 2. The van der Waals surface area contributed by atoms with Gasteiger partial charge in [0.15, 0.2) is 5.50 Å². The number of nitrogens with zero attached hydrogens (tertiary/aromatic N) is 1. The van der Waals surface area contributed by atoms with E-state index in [1.807, 2.05) is 25.1 Å². The van der Waals surface area contributed by atoms with Crippen LogP contribution in [0, 0.1) is 17.0 Å². The molecular weight excluding hydrogens is 454 g/mol. The molecule has 1 saturated heterocycles. The first-order chi connectivity index (χ1) is 15.3. The van der Waals surface area contributed by atoms with Gasteiger partial charge in [0.1, 0.15) is 17.3 Å². The fourth-order valence-corrected chi connectivity index (χ4v) is 4.33. The predicted octanol–water partition coefficient (Wildman–Crippen LogP) is 5.42. The number of aryl methyl sites for hydroxylation is 1. The number of nitro benzene ring substituents is 1. The molecule has 1 unspecified atom stereocenters. The van der Waals surface area contributed by atoms with E-state index in [0.717, 1.165) is 11.3 Å². The number of furan rings is 1. The van der Waals surface area contributed by atoms with Gasteiger partial charge in [-0.1, -0.05) is 29.4 Å². The number of ether oxygens (including phenoxy) is 1. The third-order valence-corrected chi connectivity index (χ3v) is 6.06. The van der Waals surface area contributed by atoms with E-state index in [1.165, 1.54) is 30.0 Å². The van der Waals surface area contributed by atoms with E-state index in [2.05, 4.69) is 10.6 Å². The Kier molecular flexibility index (Phi) is 6.11. The number of nitro groups is 1. The lowest BCUT2D eigenvalue weighted by Crippen LogP contribution is -2.31. The van der Waals surface area contributed by atoms with Gasteiger partial charge in [0.2, 0.25) is 0 Å². The van der Waals surface area contributed by atoms with Crippen LogP contribution in [-0.2, 0) is 4.79 Å². The molecule has 1 atom stereocenters. The molecule has 4 rings (SSSR count). The minimum absolute atomic E-state index is 0.0908. The van der Waals surface area contributed by atoms with Gasteiger partial charge in [0, 0.05) is 23.8 Å². The Labute approximate surface area is 192 Å². The highest BCUT2D eigenvalue weighted by molar-refractivity contribution is 8.05. The van der Waals surface area contributed by atoms with Gasteiger partial charge >= 0.3 is 0 Å². The number of hydrogen-bond donors (Lipinski definition) is 2. The number of rotatable bonds is 6. The highest BCUT2D eigenvalue weighted by Crippen LogP contribution is 2.36. The Morgan fingerprint density at radius 2 is 2.06 bits per heavy atom. The summed E-state index contributed by atoms with van der Waals surface area (Å²) >= 11 is 7.49. The lowest BCUT2D eigenvalue weighted by atomic mass is 10.1. The molecule has 1 aliphatic rings. The van der Waals surface area contributed by atoms with E-state index in [-0.39, 0.29) is 17.1 Å². The fraction of sp³-hybridized carbons (Fsp3) is 0.136. The maximum absolute atomic E-state index is 12.4. The smallest absolute Gasteiger partial charge is 0.270 e. The summed E-state index contributed by atoms with van der Waals surface area (Å²) in [6.45, 7) is 1.97. The van der Waals surface area contributed by atoms with Gasteiger partial charge in [-0.3, -0.25) is 14.9 Å². The van der Waals surface area contributed by atoms with Crippen molar-refractivity contribution in [2.24, 2.45) is 0 Å². The van der Waals surface area contributed by atoms with Crippen molar-refractivity contribution in [1.29, 1.82) is 0 Å². The van der Waals surface area contributed by atoms with Crippen LogP contribution in [0.15, 0.2) is 57.9 Å². The van der Waals surface area contributed by atoms with Crippen LogP contribution in [-0.4, -0.2) is 23.4 Å². The Morgan fingerprint density at radius 1 is 1.25 bits per heavy atom. The third kappa shape index (κ3) is 4.58. The lowest BCUT2D eigenvalue weighted by molar-refractivity contribution is -0.384. The van der Waals surface area contributed by atoms with Crippen LogP contribution in [0.3, 0.4) is 0 Å². The minimum atomic E-state index is -0.498. The number of hydrogen-bond acceptors (Lipinski definition) is 7. The van der Waals surface area contributed by atoms with Crippen molar-refractivity contribution >= 4 is 46.7 Å². The molecule has 0 spiro atoms. The summed E-state index contributed by atoms with van der Waals surface area (Å²) in [6.07, 6.45) is 1.61. The molecule has 2 aromatic carbocycles. The largest absolute Gasteiger partial charge is 0.495 e. The van der Waals surface area contributed by atoms with Crippen molar-refractivity contribution in [3.8, 4) is 17.1 Å². The Hall–Kier alpha value is -3.43. The van der Waals surface area contributed by atoms with Crippen LogP contribution < -0.4 is 15.4 Å². The fourth-order valence-electron chi connectivity index (χ4n) is 3.16. The first kappa shape index (κ1) is 21.8. The quantitative estimate of drug-likeness (QED) is 0.280. The molecule has 0 radical (unpaired) electrons. The normalized spacial score (nSPS) is 16.8. The molecule has 2 heterocycles. The SMILES string of the molecule is COc1ccc(C)cc1NC1NC(=O)/C(=C/c2ccc(-c3cc([N+](=O)[O-])ccc3Cl)o2)S1. The maximum Gasteiger partial charge on any atom is 0.270 e. The number of thioether (sulfide) groups is 1. The van der Waals surface area contributed by atoms with Crippen LogP contribution in [0.1, 0.15) is 11.3 Å². The van der Waals surface area contributed by atoms with Gasteiger partial charge in [0.25, 0.3) is 11.6 Å². The van der Waals surface area contributed by atoms with E-state index in [0.29, 0.717) is 32.8 Å². The minimum Gasteiger partial charge on any atom is -0.495 e. The molecule has 10 heteroatoms. The standard InChI is InChI=1S/C22H18ClN3O5S/c1-12-3-7-19(30-2)17(9-12)24-22-25-21(27)20(32-22)11-14-5-8-18(31-14)15-10-13(26(28)29)4-6-16(15)23/h3-11,22,24H,1-2H3,(H,25,27)/b20-11-. The average molecular weight is 472 g/mol. The zero-order chi connectivity index (χ0) is 22.8. The Morgan fingerprint density at radius 3 is 2.81 bits per heavy atom. The predicted molar refractivity (Wildman–Crippen MR) is 125 cm³/mol. The van der Waals surface area contributed by atoms with Crippen LogP contribution >= 0.6 is 23.4 Å². The van der Waals surface area contributed by atoms with Gasteiger partial charge in [-0.25, -0.2) is 0 Å². The van der Waals surface area contributed by atoms with Crippen molar-refractivity contribution in [3.63, 3.8) is 0 Å². The summed E-state index contributed by atoms with van der Waals surface area (Å²) in [6, 6.07) is 13.2. The number of non-ortho nitro benzene ring substituents is 1. The topological polar surface area (TPSA) is 107 Å². The van der Waals surface area contributed by atoms with Gasteiger partial charge < -0.3 is 19.8 Å². The molecule has 164 valence electrons. The molecule has 1 amide bonds. The Bertz CT molecular complexity index is 1240. The number of methoxy groups -OCH3 is 1. The zero-order valence-corrected chi connectivity index (χ0v) is 18.6. The summed E-state index contributed by atoms with van der Waals surface area (Å²) in [4.78, 5) is 23.5. The number of halogens is 1. The van der Waals surface area contributed by atoms with Crippen molar-refractivity contribution < 1.29 is 18.9 Å². The average Bonchev–Trinajstić information content (AvgIpc) is 3.35. The lowest BCUT2D eigenvalue weighted by Gasteiger charge is -2.16. The Balaban J connectivity index is 1.53.